The summed E-state index contributed by atoms with van der Waals surface area (Å²) >= 11 is 0. The second-order valence-corrected chi connectivity index (χ2v) is 4.75. The molecule has 0 aromatic carbocycles. The first kappa shape index (κ1) is 14.9. The van der Waals surface area contributed by atoms with Gasteiger partial charge in [-0.25, -0.2) is 0 Å². The van der Waals surface area contributed by atoms with Gasteiger partial charge in [-0.1, -0.05) is 6.92 Å². The molecule has 6 nitrogen and oxygen atoms in total. The van der Waals surface area contributed by atoms with E-state index < -0.39 is 0 Å². The third kappa shape index (κ3) is 5.97. The van der Waals surface area contributed by atoms with E-state index in [1.165, 1.54) is 19.8 Å². The normalized spacial score (nSPS) is 16.6. The van der Waals surface area contributed by atoms with Crippen molar-refractivity contribution < 1.29 is 9.59 Å². The summed E-state index contributed by atoms with van der Waals surface area (Å²) in [4.78, 5) is 24.4. The lowest BCUT2D eigenvalue weighted by Gasteiger charge is -2.28. The number of carbonyl (C=O) groups excluding carboxylic acids is 2. The van der Waals surface area contributed by atoms with Crippen LogP contribution in [0.4, 0.5) is 0 Å². The zero-order valence-corrected chi connectivity index (χ0v) is 11.3. The molecule has 1 aliphatic heterocycles. The molecule has 1 saturated heterocycles. The molecule has 0 unspecified atom stereocenters. The summed E-state index contributed by atoms with van der Waals surface area (Å²) in [6, 6.07) is 0. The van der Waals surface area contributed by atoms with Gasteiger partial charge >= 0.3 is 0 Å². The van der Waals surface area contributed by atoms with Crippen LogP contribution in [0.5, 0.6) is 0 Å². The van der Waals surface area contributed by atoms with Crippen molar-refractivity contribution in [3.05, 3.63) is 0 Å². The molecule has 1 aliphatic rings. The van der Waals surface area contributed by atoms with E-state index in [4.69, 9.17) is 0 Å². The maximum Gasteiger partial charge on any atom is 0.252 e. The van der Waals surface area contributed by atoms with E-state index in [0.29, 0.717) is 12.5 Å². The largest absolute Gasteiger partial charge is 0.317 e. The lowest BCUT2D eigenvalue weighted by Crippen LogP contribution is -2.47. The van der Waals surface area contributed by atoms with Crippen LogP contribution in [-0.4, -0.2) is 49.4 Å². The van der Waals surface area contributed by atoms with E-state index in [0.717, 1.165) is 26.2 Å². The van der Waals surface area contributed by atoms with E-state index in [2.05, 4.69) is 21.1 Å². The number of hydrogen-bond acceptors (Lipinski definition) is 4. The Balaban J connectivity index is 2.27. The van der Waals surface area contributed by atoms with Crippen LogP contribution in [0.3, 0.4) is 0 Å². The van der Waals surface area contributed by atoms with Crippen molar-refractivity contribution in [1.82, 2.24) is 21.1 Å². The monoisotopic (exact) mass is 256 g/mol. The van der Waals surface area contributed by atoms with Crippen LogP contribution >= 0.6 is 0 Å². The Morgan fingerprint density at radius 3 is 2.50 bits per heavy atom. The van der Waals surface area contributed by atoms with E-state index in [9.17, 15) is 9.59 Å². The molecule has 0 spiro atoms. The highest BCUT2D eigenvalue weighted by Gasteiger charge is 2.17. The highest BCUT2D eigenvalue weighted by Crippen LogP contribution is 2.12. The van der Waals surface area contributed by atoms with Gasteiger partial charge in [-0.05, 0) is 38.4 Å². The van der Waals surface area contributed by atoms with Gasteiger partial charge in [-0.2, -0.15) is 0 Å². The molecule has 0 bridgehead atoms. The number of nitrogens with one attached hydrogen (secondary N) is 3. The maximum atomic E-state index is 11.6. The molecule has 0 saturated carbocycles. The standard InChI is InChI=1S/C12H24N4O2/c1-3-16(8-11-4-6-13-7-5-11)9-12(18)15-14-10(2)17/h11,13H,3-9H2,1-2H3,(H,14,17)(H,15,18). The molecule has 18 heavy (non-hydrogen) atoms. The Hall–Kier alpha value is -1.14. The van der Waals surface area contributed by atoms with Crippen molar-refractivity contribution in [3.8, 4) is 0 Å². The van der Waals surface area contributed by atoms with Crippen molar-refractivity contribution in [2.75, 3.05) is 32.7 Å². The van der Waals surface area contributed by atoms with Gasteiger partial charge in [0.1, 0.15) is 0 Å². The van der Waals surface area contributed by atoms with Gasteiger partial charge in [0, 0.05) is 13.5 Å². The fourth-order valence-electron chi connectivity index (χ4n) is 2.14. The van der Waals surface area contributed by atoms with Crippen LogP contribution in [0, 0.1) is 5.92 Å². The molecule has 1 fully saturated rings. The maximum absolute atomic E-state index is 11.6. The van der Waals surface area contributed by atoms with Gasteiger partial charge in [0.2, 0.25) is 5.91 Å². The average Bonchev–Trinajstić information content (AvgIpc) is 2.37. The highest BCUT2D eigenvalue weighted by molar-refractivity contribution is 5.81. The smallest absolute Gasteiger partial charge is 0.252 e. The van der Waals surface area contributed by atoms with Crippen LogP contribution < -0.4 is 16.2 Å². The highest BCUT2D eigenvalue weighted by atomic mass is 16.2. The lowest BCUT2D eigenvalue weighted by molar-refractivity contribution is -0.128. The number of piperidine rings is 1. The molecule has 3 N–H and O–H groups in total. The second-order valence-electron chi connectivity index (χ2n) is 4.75. The van der Waals surface area contributed by atoms with Gasteiger partial charge in [0.05, 0.1) is 6.54 Å². The van der Waals surface area contributed by atoms with E-state index in [-0.39, 0.29) is 11.8 Å². The zero-order valence-electron chi connectivity index (χ0n) is 11.3. The summed E-state index contributed by atoms with van der Waals surface area (Å²) in [5, 5.41) is 3.33. The van der Waals surface area contributed by atoms with Crippen molar-refractivity contribution in [2.45, 2.75) is 26.7 Å². The number of carbonyl (C=O) groups is 2. The number of amides is 2. The summed E-state index contributed by atoms with van der Waals surface area (Å²) in [6.45, 7) is 7.68. The molecular weight excluding hydrogens is 232 g/mol. The Morgan fingerprint density at radius 1 is 1.28 bits per heavy atom. The fourth-order valence-corrected chi connectivity index (χ4v) is 2.14. The Labute approximate surface area is 108 Å². The van der Waals surface area contributed by atoms with Gasteiger partial charge in [-0.3, -0.25) is 25.3 Å². The molecule has 1 rings (SSSR count). The van der Waals surface area contributed by atoms with E-state index >= 15 is 0 Å². The third-order valence-corrected chi connectivity index (χ3v) is 3.17. The van der Waals surface area contributed by atoms with Gasteiger partial charge < -0.3 is 5.32 Å². The quantitative estimate of drug-likeness (QED) is 0.579. The number of hydrogen-bond donors (Lipinski definition) is 3. The number of likely N-dealkylation sites (N-methyl/N-ethyl adjacent to an activating group) is 1. The molecule has 104 valence electrons. The zero-order chi connectivity index (χ0) is 13.4. The van der Waals surface area contributed by atoms with Crippen LogP contribution in [0.25, 0.3) is 0 Å². The fraction of sp³-hybridized carbons (Fsp3) is 0.833. The molecule has 6 heteroatoms. The lowest BCUT2D eigenvalue weighted by atomic mass is 9.97. The first-order valence-electron chi connectivity index (χ1n) is 6.60. The van der Waals surface area contributed by atoms with Gasteiger partial charge in [0.15, 0.2) is 0 Å². The molecule has 0 aromatic heterocycles. The van der Waals surface area contributed by atoms with Crippen molar-refractivity contribution >= 4 is 11.8 Å². The summed E-state index contributed by atoms with van der Waals surface area (Å²) < 4.78 is 0. The van der Waals surface area contributed by atoms with Gasteiger partial charge in [-0.15, -0.1) is 0 Å². The van der Waals surface area contributed by atoms with E-state index in [1.807, 2.05) is 6.92 Å². The van der Waals surface area contributed by atoms with Crippen molar-refractivity contribution in [3.63, 3.8) is 0 Å². The average molecular weight is 256 g/mol. The Kier molecular flexibility index (Phi) is 6.67. The summed E-state index contributed by atoms with van der Waals surface area (Å²) in [5.41, 5.74) is 4.69. The minimum atomic E-state index is -0.259. The predicted molar refractivity (Wildman–Crippen MR) is 69.7 cm³/mol. The summed E-state index contributed by atoms with van der Waals surface area (Å²) in [6.07, 6.45) is 2.34. The summed E-state index contributed by atoms with van der Waals surface area (Å²) in [5.74, 6) is 0.241. The third-order valence-electron chi connectivity index (χ3n) is 3.17. The molecule has 0 aliphatic carbocycles. The number of nitrogens with zero attached hydrogens (tertiary/aromatic N) is 1. The number of hydrazine groups is 1. The molecule has 0 aromatic rings. The summed E-state index contributed by atoms with van der Waals surface area (Å²) in [7, 11) is 0. The van der Waals surface area contributed by atoms with Crippen molar-refractivity contribution in [2.24, 2.45) is 5.92 Å². The first-order chi connectivity index (χ1) is 8.61. The van der Waals surface area contributed by atoms with Crippen LogP contribution in [0.15, 0.2) is 0 Å². The second kappa shape index (κ2) is 8.05. The molecule has 0 radical (unpaired) electrons. The van der Waals surface area contributed by atoms with Crippen LogP contribution in [0.1, 0.15) is 26.7 Å². The van der Waals surface area contributed by atoms with Gasteiger partial charge in [0.25, 0.3) is 5.91 Å². The number of rotatable bonds is 5. The minimum Gasteiger partial charge on any atom is -0.317 e. The Morgan fingerprint density at radius 2 is 1.94 bits per heavy atom. The molecular formula is C12H24N4O2. The topological polar surface area (TPSA) is 73.5 Å². The van der Waals surface area contributed by atoms with Crippen molar-refractivity contribution in [1.29, 1.82) is 0 Å². The first-order valence-corrected chi connectivity index (χ1v) is 6.60. The van der Waals surface area contributed by atoms with E-state index in [1.54, 1.807) is 0 Å². The predicted octanol–water partition coefficient (Wildman–Crippen LogP) is -0.525. The Bertz CT molecular complexity index is 277. The van der Waals surface area contributed by atoms with Crippen LogP contribution in [0.2, 0.25) is 0 Å². The SMILES string of the molecule is CCN(CC(=O)NNC(C)=O)CC1CCNCC1. The molecule has 2 amide bonds. The molecule has 0 atom stereocenters. The molecule has 1 heterocycles. The minimum absolute atomic E-state index is 0.166. The van der Waals surface area contributed by atoms with Crippen LogP contribution in [-0.2, 0) is 9.59 Å².